The molecule has 0 aromatic heterocycles. The molecule has 0 spiro atoms. The van der Waals surface area contributed by atoms with Crippen LogP contribution in [0.15, 0.2) is 0 Å². The van der Waals surface area contributed by atoms with Gasteiger partial charge >= 0.3 is 5.97 Å². The van der Waals surface area contributed by atoms with Gasteiger partial charge in [-0.1, -0.05) is 13.8 Å². The smallest absolute Gasteiger partial charge is 0.325 e. The van der Waals surface area contributed by atoms with Gasteiger partial charge in [-0.25, -0.2) is 0 Å². The SMILES string of the molecule is COC(=O)C(C)(N)CCN1CCN(CC(C)C)CC1. The molecule has 0 radical (unpaired) electrons. The highest BCUT2D eigenvalue weighted by atomic mass is 16.5. The van der Waals surface area contributed by atoms with Gasteiger partial charge in [0.1, 0.15) is 5.54 Å². The average Bonchev–Trinajstić information content (AvgIpc) is 2.36. The van der Waals surface area contributed by atoms with Gasteiger partial charge in [-0.3, -0.25) is 4.79 Å². The molecule has 1 aliphatic rings. The van der Waals surface area contributed by atoms with Crippen LogP contribution < -0.4 is 5.73 Å². The molecular weight excluding hydrogens is 242 g/mol. The number of esters is 1. The standard InChI is InChI=1S/C14H29N3O2/c1-12(2)11-17-9-7-16(8-10-17)6-5-14(3,15)13(18)19-4/h12H,5-11,15H2,1-4H3. The van der Waals surface area contributed by atoms with Gasteiger partial charge in [0.15, 0.2) is 0 Å². The van der Waals surface area contributed by atoms with Crippen molar-refractivity contribution in [2.24, 2.45) is 11.7 Å². The number of hydrogen-bond acceptors (Lipinski definition) is 5. The number of rotatable bonds is 6. The number of methoxy groups -OCH3 is 1. The zero-order valence-electron chi connectivity index (χ0n) is 12.8. The third kappa shape index (κ3) is 5.47. The molecule has 0 bridgehead atoms. The summed E-state index contributed by atoms with van der Waals surface area (Å²) in [4.78, 5) is 16.4. The number of nitrogens with zero attached hydrogens (tertiary/aromatic N) is 2. The Labute approximate surface area is 117 Å². The van der Waals surface area contributed by atoms with Crippen LogP contribution in [0.3, 0.4) is 0 Å². The highest BCUT2D eigenvalue weighted by Gasteiger charge is 2.30. The topological polar surface area (TPSA) is 58.8 Å². The molecule has 1 heterocycles. The van der Waals surface area contributed by atoms with Gasteiger partial charge in [-0.2, -0.15) is 0 Å². The molecule has 0 aromatic rings. The largest absolute Gasteiger partial charge is 0.468 e. The molecule has 2 N–H and O–H groups in total. The van der Waals surface area contributed by atoms with Gasteiger partial charge in [0.25, 0.3) is 0 Å². The Kier molecular flexibility index (Phi) is 6.23. The molecule has 5 heteroatoms. The third-order valence-electron chi connectivity index (χ3n) is 3.69. The van der Waals surface area contributed by atoms with Gasteiger partial charge in [0.05, 0.1) is 7.11 Å². The van der Waals surface area contributed by atoms with E-state index in [1.807, 2.05) is 0 Å². The molecule has 0 aliphatic carbocycles. The molecule has 112 valence electrons. The Hall–Kier alpha value is -0.650. The van der Waals surface area contributed by atoms with Crippen LogP contribution in [0.1, 0.15) is 27.2 Å². The van der Waals surface area contributed by atoms with Crippen LogP contribution in [0, 0.1) is 5.92 Å². The van der Waals surface area contributed by atoms with Crippen molar-refractivity contribution >= 4 is 5.97 Å². The first-order chi connectivity index (χ1) is 8.85. The zero-order chi connectivity index (χ0) is 14.5. The lowest BCUT2D eigenvalue weighted by Crippen LogP contribution is -2.51. The summed E-state index contributed by atoms with van der Waals surface area (Å²) in [6.45, 7) is 12.6. The van der Waals surface area contributed by atoms with Crippen LogP contribution in [-0.4, -0.2) is 67.7 Å². The molecule has 0 amide bonds. The van der Waals surface area contributed by atoms with E-state index >= 15 is 0 Å². The first-order valence-electron chi connectivity index (χ1n) is 7.17. The van der Waals surface area contributed by atoms with E-state index in [-0.39, 0.29) is 5.97 Å². The molecule has 1 aliphatic heterocycles. The molecule has 1 fully saturated rings. The fourth-order valence-electron chi connectivity index (χ4n) is 2.44. The second-order valence-corrected chi connectivity index (χ2v) is 6.20. The summed E-state index contributed by atoms with van der Waals surface area (Å²) in [6.07, 6.45) is 0.643. The predicted molar refractivity (Wildman–Crippen MR) is 76.9 cm³/mol. The van der Waals surface area contributed by atoms with Crippen molar-refractivity contribution in [3.8, 4) is 0 Å². The number of nitrogens with two attached hydrogens (primary N) is 1. The summed E-state index contributed by atoms with van der Waals surface area (Å²) in [6, 6.07) is 0. The van der Waals surface area contributed by atoms with Crippen LogP contribution in [0.25, 0.3) is 0 Å². The summed E-state index contributed by atoms with van der Waals surface area (Å²) in [7, 11) is 1.39. The Balaban J connectivity index is 2.28. The minimum Gasteiger partial charge on any atom is -0.468 e. The van der Waals surface area contributed by atoms with E-state index in [9.17, 15) is 4.79 Å². The molecule has 19 heavy (non-hydrogen) atoms. The van der Waals surface area contributed by atoms with Gasteiger partial charge < -0.3 is 20.3 Å². The van der Waals surface area contributed by atoms with Crippen LogP contribution in [0.2, 0.25) is 0 Å². The predicted octanol–water partition coefficient (Wildman–Crippen LogP) is 0.541. The summed E-state index contributed by atoms with van der Waals surface area (Å²) in [5.41, 5.74) is 5.10. The number of piperazine rings is 1. The Morgan fingerprint density at radius 1 is 1.26 bits per heavy atom. The number of hydrogen-bond donors (Lipinski definition) is 1. The molecule has 1 rings (SSSR count). The summed E-state index contributed by atoms with van der Waals surface area (Å²) >= 11 is 0. The monoisotopic (exact) mass is 271 g/mol. The molecular formula is C14H29N3O2. The first-order valence-corrected chi connectivity index (χ1v) is 7.17. The zero-order valence-corrected chi connectivity index (χ0v) is 12.8. The summed E-state index contributed by atoms with van der Waals surface area (Å²) in [5, 5.41) is 0. The molecule has 0 aromatic carbocycles. The van der Waals surface area contributed by atoms with E-state index in [1.165, 1.54) is 13.7 Å². The fourth-order valence-corrected chi connectivity index (χ4v) is 2.44. The van der Waals surface area contributed by atoms with E-state index in [2.05, 4.69) is 23.6 Å². The Morgan fingerprint density at radius 2 is 1.79 bits per heavy atom. The molecule has 1 atom stereocenters. The first kappa shape index (κ1) is 16.4. The quantitative estimate of drug-likeness (QED) is 0.715. The van der Waals surface area contributed by atoms with E-state index in [0.29, 0.717) is 6.42 Å². The third-order valence-corrected chi connectivity index (χ3v) is 3.69. The van der Waals surface area contributed by atoms with Crippen molar-refractivity contribution in [3.63, 3.8) is 0 Å². The second-order valence-electron chi connectivity index (χ2n) is 6.20. The van der Waals surface area contributed by atoms with Gasteiger partial charge in [0, 0.05) is 39.3 Å². The number of carbonyl (C=O) groups is 1. The van der Waals surface area contributed by atoms with Crippen LogP contribution in [0.4, 0.5) is 0 Å². The van der Waals surface area contributed by atoms with Gasteiger partial charge in [-0.05, 0) is 19.3 Å². The van der Waals surface area contributed by atoms with Gasteiger partial charge in [0.2, 0.25) is 0 Å². The number of carbonyl (C=O) groups excluding carboxylic acids is 1. The molecule has 1 saturated heterocycles. The van der Waals surface area contributed by atoms with Crippen molar-refractivity contribution < 1.29 is 9.53 Å². The van der Waals surface area contributed by atoms with Crippen molar-refractivity contribution in [1.82, 2.24) is 9.80 Å². The van der Waals surface area contributed by atoms with Crippen LogP contribution >= 0.6 is 0 Å². The lowest BCUT2D eigenvalue weighted by molar-refractivity contribution is -0.146. The van der Waals surface area contributed by atoms with Gasteiger partial charge in [-0.15, -0.1) is 0 Å². The van der Waals surface area contributed by atoms with E-state index in [1.54, 1.807) is 6.92 Å². The highest BCUT2D eigenvalue weighted by molar-refractivity contribution is 5.79. The fraction of sp³-hybridized carbons (Fsp3) is 0.929. The number of ether oxygens (including phenoxy) is 1. The minimum atomic E-state index is -0.871. The maximum atomic E-state index is 11.5. The van der Waals surface area contributed by atoms with Crippen molar-refractivity contribution in [1.29, 1.82) is 0 Å². The normalized spacial score (nSPS) is 21.4. The lowest BCUT2D eigenvalue weighted by Gasteiger charge is -2.36. The van der Waals surface area contributed by atoms with E-state index in [4.69, 9.17) is 10.5 Å². The van der Waals surface area contributed by atoms with Crippen molar-refractivity contribution in [2.75, 3.05) is 46.4 Å². The van der Waals surface area contributed by atoms with Crippen molar-refractivity contribution in [2.45, 2.75) is 32.7 Å². The van der Waals surface area contributed by atoms with Crippen molar-refractivity contribution in [3.05, 3.63) is 0 Å². The molecule has 0 saturated carbocycles. The lowest BCUT2D eigenvalue weighted by atomic mass is 9.99. The second kappa shape index (κ2) is 7.22. The maximum Gasteiger partial charge on any atom is 0.325 e. The average molecular weight is 271 g/mol. The maximum absolute atomic E-state index is 11.5. The van der Waals surface area contributed by atoms with Crippen LogP contribution in [0.5, 0.6) is 0 Å². The summed E-state index contributed by atoms with van der Waals surface area (Å²) in [5.74, 6) is 0.393. The molecule has 1 unspecified atom stereocenters. The van der Waals surface area contributed by atoms with E-state index in [0.717, 1.165) is 38.6 Å². The minimum absolute atomic E-state index is 0.328. The summed E-state index contributed by atoms with van der Waals surface area (Å²) < 4.78 is 4.73. The highest BCUT2D eigenvalue weighted by Crippen LogP contribution is 2.11. The Morgan fingerprint density at radius 3 is 2.26 bits per heavy atom. The Bertz CT molecular complexity index is 284. The van der Waals surface area contributed by atoms with E-state index < -0.39 is 5.54 Å². The van der Waals surface area contributed by atoms with Crippen LogP contribution in [-0.2, 0) is 9.53 Å². The molecule has 5 nitrogen and oxygen atoms in total.